The van der Waals surface area contributed by atoms with E-state index >= 15 is 0 Å². The minimum absolute atomic E-state index is 0.205. The normalized spacial score (nSPS) is 11.4. The zero-order valence-electron chi connectivity index (χ0n) is 9.58. The van der Waals surface area contributed by atoms with Crippen LogP contribution in [0.1, 0.15) is 0 Å². The third-order valence-electron chi connectivity index (χ3n) is 2.96. The number of H-pyrrole nitrogens is 1. The van der Waals surface area contributed by atoms with Gasteiger partial charge in [-0.3, -0.25) is 9.67 Å². The van der Waals surface area contributed by atoms with Gasteiger partial charge in [0.15, 0.2) is 5.65 Å². The van der Waals surface area contributed by atoms with E-state index < -0.39 is 0 Å². The Morgan fingerprint density at radius 1 is 1.16 bits per heavy atom. The summed E-state index contributed by atoms with van der Waals surface area (Å²) >= 11 is 5.83. The first kappa shape index (κ1) is 10.5. The van der Waals surface area contributed by atoms with E-state index in [1.165, 1.54) is 0 Å². The van der Waals surface area contributed by atoms with Crippen LogP contribution in [0, 0.1) is 0 Å². The SMILES string of the molecule is Clc1ncc2ncn(-c3ccc4cn[nH]c4c3)c2n1. The molecular weight excluding hydrogens is 264 g/mol. The van der Waals surface area contributed by atoms with E-state index in [1.54, 1.807) is 18.7 Å². The fourth-order valence-electron chi connectivity index (χ4n) is 2.05. The number of aromatic amines is 1. The van der Waals surface area contributed by atoms with Gasteiger partial charge in [-0.1, -0.05) is 0 Å². The Morgan fingerprint density at radius 3 is 3.05 bits per heavy atom. The van der Waals surface area contributed by atoms with Crippen LogP contribution in [0.2, 0.25) is 5.28 Å². The minimum atomic E-state index is 0.205. The second-order valence-corrected chi connectivity index (χ2v) is 4.44. The zero-order chi connectivity index (χ0) is 12.8. The van der Waals surface area contributed by atoms with Gasteiger partial charge < -0.3 is 0 Å². The lowest BCUT2D eigenvalue weighted by molar-refractivity contribution is 1.06. The summed E-state index contributed by atoms with van der Waals surface area (Å²) in [7, 11) is 0. The van der Waals surface area contributed by atoms with Crippen LogP contribution in [0.4, 0.5) is 0 Å². The molecule has 0 saturated heterocycles. The lowest BCUT2D eigenvalue weighted by atomic mass is 10.2. The van der Waals surface area contributed by atoms with Crippen LogP contribution in [0.3, 0.4) is 0 Å². The van der Waals surface area contributed by atoms with E-state index in [0.29, 0.717) is 11.2 Å². The van der Waals surface area contributed by atoms with Gasteiger partial charge in [0.25, 0.3) is 0 Å². The summed E-state index contributed by atoms with van der Waals surface area (Å²) in [6.45, 7) is 0. The number of halogens is 1. The predicted octanol–water partition coefficient (Wildman–Crippen LogP) is 2.35. The molecule has 0 aliphatic heterocycles. The molecule has 1 aromatic carbocycles. The summed E-state index contributed by atoms with van der Waals surface area (Å²) in [6, 6.07) is 5.96. The van der Waals surface area contributed by atoms with Gasteiger partial charge in [-0.05, 0) is 29.8 Å². The molecule has 0 saturated carbocycles. The maximum atomic E-state index is 5.83. The molecule has 0 amide bonds. The highest BCUT2D eigenvalue weighted by Crippen LogP contribution is 2.20. The van der Waals surface area contributed by atoms with Crippen molar-refractivity contribution >= 4 is 33.7 Å². The molecule has 4 rings (SSSR count). The van der Waals surface area contributed by atoms with Crippen molar-refractivity contribution in [2.75, 3.05) is 0 Å². The fraction of sp³-hybridized carbons (Fsp3) is 0. The van der Waals surface area contributed by atoms with Gasteiger partial charge >= 0.3 is 0 Å². The Labute approximate surface area is 112 Å². The topological polar surface area (TPSA) is 72.3 Å². The third kappa shape index (κ3) is 1.57. The van der Waals surface area contributed by atoms with Gasteiger partial charge in [-0.2, -0.15) is 10.1 Å². The van der Waals surface area contributed by atoms with Crippen molar-refractivity contribution in [2.24, 2.45) is 0 Å². The molecule has 0 bridgehead atoms. The number of imidazole rings is 1. The van der Waals surface area contributed by atoms with Crippen molar-refractivity contribution in [1.29, 1.82) is 0 Å². The van der Waals surface area contributed by atoms with Crippen molar-refractivity contribution in [3.05, 3.63) is 42.2 Å². The summed E-state index contributed by atoms with van der Waals surface area (Å²) in [5.41, 5.74) is 3.28. The average Bonchev–Trinajstić information content (AvgIpc) is 3.03. The number of hydrogen-bond donors (Lipinski definition) is 1. The zero-order valence-corrected chi connectivity index (χ0v) is 10.3. The quantitative estimate of drug-likeness (QED) is 0.539. The number of fused-ring (bicyclic) bond motifs is 2. The van der Waals surface area contributed by atoms with Crippen LogP contribution < -0.4 is 0 Å². The molecule has 0 radical (unpaired) electrons. The average molecular weight is 271 g/mol. The van der Waals surface area contributed by atoms with Crippen molar-refractivity contribution in [3.8, 4) is 5.69 Å². The van der Waals surface area contributed by atoms with E-state index in [9.17, 15) is 0 Å². The maximum Gasteiger partial charge on any atom is 0.224 e. The summed E-state index contributed by atoms with van der Waals surface area (Å²) in [5, 5.41) is 8.20. The second-order valence-electron chi connectivity index (χ2n) is 4.10. The van der Waals surface area contributed by atoms with Gasteiger partial charge in [0.2, 0.25) is 5.28 Å². The molecule has 6 nitrogen and oxygen atoms in total. The molecule has 0 spiro atoms. The number of rotatable bonds is 1. The monoisotopic (exact) mass is 270 g/mol. The van der Waals surface area contributed by atoms with E-state index in [-0.39, 0.29) is 5.28 Å². The van der Waals surface area contributed by atoms with E-state index in [4.69, 9.17) is 11.6 Å². The van der Waals surface area contributed by atoms with Crippen molar-refractivity contribution in [3.63, 3.8) is 0 Å². The lowest BCUT2D eigenvalue weighted by Gasteiger charge is -2.03. The van der Waals surface area contributed by atoms with Gasteiger partial charge in [0.05, 0.1) is 23.6 Å². The van der Waals surface area contributed by atoms with Gasteiger partial charge in [-0.15, -0.1) is 0 Å². The molecule has 0 aliphatic carbocycles. The van der Waals surface area contributed by atoms with E-state index in [2.05, 4.69) is 25.1 Å². The molecule has 3 heterocycles. The van der Waals surface area contributed by atoms with Gasteiger partial charge in [0.1, 0.15) is 11.8 Å². The fourth-order valence-corrected chi connectivity index (χ4v) is 2.18. The molecule has 0 aliphatic rings. The first-order chi connectivity index (χ1) is 9.31. The highest BCUT2D eigenvalue weighted by molar-refractivity contribution is 6.28. The van der Waals surface area contributed by atoms with Gasteiger partial charge in [0, 0.05) is 5.39 Å². The Balaban J connectivity index is 2.00. The largest absolute Gasteiger partial charge is 0.283 e. The number of hydrogen-bond acceptors (Lipinski definition) is 4. The molecule has 0 unspecified atom stereocenters. The lowest BCUT2D eigenvalue weighted by Crippen LogP contribution is -1.94. The molecule has 3 aromatic heterocycles. The maximum absolute atomic E-state index is 5.83. The molecule has 0 atom stereocenters. The van der Waals surface area contributed by atoms with Crippen LogP contribution in [0.15, 0.2) is 36.9 Å². The number of nitrogens with zero attached hydrogens (tertiary/aromatic N) is 5. The Hall–Kier alpha value is -2.47. The van der Waals surface area contributed by atoms with Crippen LogP contribution >= 0.6 is 11.6 Å². The van der Waals surface area contributed by atoms with Crippen molar-refractivity contribution < 1.29 is 0 Å². The Bertz CT molecular complexity index is 893. The molecule has 0 fully saturated rings. The van der Waals surface area contributed by atoms with Gasteiger partial charge in [-0.25, -0.2) is 9.97 Å². The third-order valence-corrected chi connectivity index (χ3v) is 3.15. The highest BCUT2D eigenvalue weighted by Gasteiger charge is 2.08. The number of benzene rings is 1. The Morgan fingerprint density at radius 2 is 2.11 bits per heavy atom. The van der Waals surface area contributed by atoms with Crippen molar-refractivity contribution in [1.82, 2.24) is 29.7 Å². The molecule has 7 heteroatoms. The van der Waals surface area contributed by atoms with Crippen LogP contribution in [0.5, 0.6) is 0 Å². The van der Waals surface area contributed by atoms with Crippen molar-refractivity contribution in [2.45, 2.75) is 0 Å². The minimum Gasteiger partial charge on any atom is -0.283 e. The number of nitrogens with one attached hydrogen (secondary N) is 1. The summed E-state index contributed by atoms with van der Waals surface area (Å²) in [6.07, 6.45) is 5.09. The highest BCUT2D eigenvalue weighted by atomic mass is 35.5. The standard InChI is InChI=1S/C12H7ClN6/c13-12-14-5-10-11(17-12)19(6-15-10)8-2-1-7-4-16-18-9(7)3-8/h1-6H,(H,16,18). The van der Waals surface area contributed by atoms with Crippen LogP contribution in [0.25, 0.3) is 27.8 Å². The second kappa shape index (κ2) is 3.76. The predicted molar refractivity (Wildman–Crippen MR) is 71.3 cm³/mol. The summed E-state index contributed by atoms with van der Waals surface area (Å²) in [5.74, 6) is 0. The van der Waals surface area contributed by atoms with E-state index in [1.807, 2.05) is 22.8 Å². The number of aromatic nitrogens is 6. The molecular formula is C12H7ClN6. The molecule has 4 aromatic rings. The van der Waals surface area contributed by atoms with Crippen LogP contribution in [-0.4, -0.2) is 29.7 Å². The first-order valence-corrected chi connectivity index (χ1v) is 5.98. The molecule has 19 heavy (non-hydrogen) atoms. The molecule has 1 N–H and O–H groups in total. The van der Waals surface area contributed by atoms with Crippen LogP contribution in [-0.2, 0) is 0 Å². The summed E-state index contributed by atoms with van der Waals surface area (Å²) < 4.78 is 1.86. The van der Waals surface area contributed by atoms with E-state index in [0.717, 1.165) is 16.6 Å². The first-order valence-electron chi connectivity index (χ1n) is 5.60. The summed E-state index contributed by atoms with van der Waals surface area (Å²) in [4.78, 5) is 12.4. The molecule has 92 valence electrons. The Kier molecular flexibility index (Phi) is 2.07. The smallest absolute Gasteiger partial charge is 0.224 e.